The van der Waals surface area contributed by atoms with Gasteiger partial charge in [0, 0.05) is 12.7 Å². The molecule has 8 heteroatoms. The maximum absolute atomic E-state index is 12.9. The van der Waals surface area contributed by atoms with Crippen molar-refractivity contribution in [2.75, 3.05) is 5.73 Å². The second kappa shape index (κ2) is 5.24. The summed E-state index contributed by atoms with van der Waals surface area (Å²) in [6.07, 6.45) is 0. The molecule has 0 aliphatic carbocycles. The van der Waals surface area contributed by atoms with Gasteiger partial charge < -0.3 is 5.73 Å². The van der Waals surface area contributed by atoms with Crippen LogP contribution in [0, 0.1) is 5.82 Å². The van der Waals surface area contributed by atoms with Gasteiger partial charge in [0.1, 0.15) is 5.82 Å². The molecule has 120 valence electrons. The zero-order chi connectivity index (χ0) is 16.8. The minimum absolute atomic E-state index is 0.222. The van der Waals surface area contributed by atoms with Gasteiger partial charge in [0.15, 0.2) is 0 Å². The van der Waals surface area contributed by atoms with Gasteiger partial charge in [0.2, 0.25) is 10.0 Å². The molecule has 3 rings (SSSR count). The van der Waals surface area contributed by atoms with Crippen LogP contribution in [0.3, 0.4) is 0 Å². The van der Waals surface area contributed by atoms with Gasteiger partial charge in [-0.2, -0.15) is 3.97 Å². The highest BCUT2D eigenvalue weighted by molar-refractivity contribution is 7.89. The third kappa shape index (κ3) is 2.61. The minimum atomic E-state index is -3.97. The normalized spacial score (nSPS) is 11.9. The number of fused-ring (bicyclic) bond motifs is 1. The number of halogens is 1. The second-order valence-electron chi connectivity index (χ2n) is 5.24. The average molecular weight is 335 g/mol. The molecule has 0 aliphatic rings. The van der Waals surface area contributed by atoms with E-state index in [1.54, 1.807) is 12.1 Å². The summed E-state index contributed by atoms with van der Waals surface area (Å²) in [6, 6.07) is 9.73. The summed E-state index contributed by atoms with van der Waals surface area (Å²) in [5.41, 5.74) is 6.46. The molecule has 0 unspecified atom stereocenters. The fourth-order valence-electron chi connectivity index (χ4n) is 2.45. The van der Waals surface area contributed by atoms with Gasteiger partial charge in [-0.3, -0.25) is 4.57 Å². The van der Waals surface area contributed by atoms with Gasteiger partial charge in [0.05, 0.1) is 16.8 Å². The van der Waals surface area contributed by atoms with Crippen LogP contribution in [0.5, 0.6) is 0 Å². The highest BCUT2D eigenvalue weighted by Crippen LogP contribution is 2.19. The van der Waals surface area contributed by atoms with Gasteiger partial charge in [0.25, 0.3) is 0 Å². The summed E-state index contributed by atoms with van der Waals surface area (Å²) in [6.45, 7) is 0. The molecular formula is C15H14FN3O3S. The lowest BCUT2D eigenvalue weighted by Gasteiger charge is -2.06. The third-order valence-electron chi connectivity index (χ3n) is 3.58. The van der Waals surface area contributed by atoms with Crippen molar-refractivity contribution in [2.24, 2.45) is 7.05 Å². The number of anilines is 1. The molecule has 2 aromatic carbocycles. The van der Waals surface area contributed by atoms with E-state index in [9.17, 15) is 17.6 Å². The summed E-state index contributed by atoms with van der Waals surface area (Å²) < 4.78 is 40.2. The standard InChI is InChI=1S/C15H14FN3O3S/c1-18-13-7-6-12(17)8-14(13)19(15(18)20)23(21,22)9-10-2-4-11(16)5-3-10/h2-8H,9,17H2,1H3. The van der Waals surface area contributed by atoms with Gasteiger partial charge in [-0.25, -0.2) is 17.6 Å². The van der Waals surface area contributed by atoms with Gasteiger partial charge in [-0.1, -0.05) is 12.1 Å². The molecule has 6 nitrogen and oxygen atoms in total. The predicted molar refractivity (Wildman–Crippen MR) is 86.0 cm³/mol. The predicted octanol–water partition coefficient (Wildman–Crippen LogP) is 1.44. The highest BCUT2D eigenvalue weighted by Gasteiger charge is 2.22. The lowest BCUT2D eigenvalue weighted by Crippen LogP contribution is -2.29. The molecule has 0 spiro atoms. The molecule has 0 bridgehead atoms. The minimum Gasteiger partial charge on any atom is -0.399 e. The van der Waals surface area contributed by atoms with Gasteiger partial charge >= 0.3 is 5.69 Å². The topological polar surface area (TPSA) is 87.1 Å². The monoisotopic (exact) mass is 335 g/mol. The fourth-order valence-corrected chi connectivity index (χ4v) is 4.00. The molecule has 23 heavy (non-hydrogen) atoms. The Balaban J connectivity index is 2.18. The number of aromatic nitrogens is 2. The second-order valence-corrected chi connectivity index (χ2v) is 7.05. The maximum Gasteiger partial charge on any atom is 0.342 e. The van der Waals surface area contributed by atoms with Crippen LogP contribution < -0.4 is 11.4 Å². The van der Waals surface area contributed by atoms with Crippen molar-refractivity contribution < 1.29 is 12.8 Å². The molecule has 0 fully saturated rings. The van der Waals surface area contributed by atoms with Crippen molar-refractivity contribution >= 4 is 26.7 Å². The van der Waals surface area contributed by atoms with Crippen LogP contribution in [0.4, 0.5) is 10.1 Å². The van der Waals surface area contributed by atoms with Crippen molar-refractivity contribution in [3.63, 3.8) is 0 Å². The summed E-state index contributed by atoms with van der Waals surface area (Å²) in [7, 11) is -2.48. The van der Waals surface area contributed by atoms with E-state index in [2.05, 4.69) is 0 Å². The number of nitrogen functional groups attached to an aromatic ring is 1. The first kappa shape index (κ1) is 15.3. The van der Waals surface area contributed by atoms with E-state index in [1.807, 2.05) is 0 Å². The van der Waals surface area contributed by atoms with Crippen molar-refractivity contribution in [3.05, 3.63) is 64.3 Å². The van der Waals surface area contributed by atoms with Crippen molar-refractivity contribution in [2.45, 2.75) is 5.75 Å². The Morgan fingerprint density at radius 3 is 2.39 bits per heavy atom. The van der Waals surface area contributed by atoms with E-state index in [4.69, 9.17) is 5.73 Å². The van der Waals surface area contributed by atoms with Crippen molar-refractivity contribution in [3.8, 4) is 0 Å². The lowest BCUT2D eigenvalue weighted by molar-refractivity contribution is 0.584. The average Bonchev–Trinajstić information content (AvgIpc) is 2.73. The quantitative estimate of drug-likeness (QED) is 0.734. The number of hydrogen-bond acceptors (Lipinski definition) is 4. The Morgan fingerprint density at radius 2 is 1.74 bits per heavy atom. The van der Waals surface area contributed by atoms with Crippen molar-refractivity contribution in [1.29, 1.82) is 0 Å². The van der Waals surface area contributed by atoms with E-state index >= 15 is 0 Å². The lowest BCUT2D eigenvalue weighted by atomic mass is 10.2. The molecule has 1 heterocycles. The summed E-state index contributed by atoms with van der Waals surface area (Å²) in [5.74, 6) is -0.873. The van der Waals surface area contributed by atoms with Crippen LogP contribution >= 0.6 is 0 Å². The number of aryl methyl sites for hydroxylation is 1. The SMILES string of the molecule is Cn1c(=O)n(S(=O)(=O)Cc2ccc(F)cc2)c2cc(N)ccc21. The Bertz CT molecular complexity index is 1050. The summed E-state index contributed by atoms with van der Waals surface area (Å²) >= 11 is 0. The molecule has 3 aromatic rings. The zero-order valence-corrected chi connectivity index (χ0v) is 13.0. The first-order chi connectivity index (χ1) is 10.8. The van der Waals surface area contributed by atoms with E-state index in [0.717, 1.165) is 3.97 Å². The van der Waals surface area contributed by atoms with E-state index in [-0.39, 0.29) is 5.52 Å². The number of imidazole rings is 1. The number of hydrogen-bond donors (Lipinski definition) is 1. The summed E-state index contributed by atoms with van der Waals surface area (Å²) in [4.78, 5) is 12.3. The Hall–Kier alpha value is -2.61. The first-order valence-corrected chi connectivity index (χ1v) is 8.35. The largest absolute Gasteiger partial charge is 0.399 e. The molecule has 0 amide bonds. The van der Waals surface area contributed by atoms with Crippen LogP contribution in [0.2, 0.25) is 0 Å². The molecule has 1 aromatic heterocycles. The number of rotatable bonds is 3. The molecule has 0 saturated carbocycles. The third-order valence-corrected chi connectivity index (χ3v) is 5.19. The van der Waals surface area contributed by atoms with E-state index in [0.29, 0.717) is 16.8 Å². The van der Waals surface area contributed by atoms with Crippen LogP contribution in [0.25, 0.3) is 11.0 Å². The molecule has 2 N–H and O–H groups in total. The Kier molecular flexibility index (Phi) is 3.48. The molecular weight excluding hydrogens is 321 g/mol. The first-order valence-electron chi connectivity index (χ1n) is 6.74. The van der Waals surface area contributed by atoms with E-state index < -0.39 is 27.3 Å². The van der Waals surface area contributed by atoms with Gasteiger partial charge in [-0.15, -0.1) is 0 Å². The fraction of sp³-hybridized carbons (Fsp3) is 0.133. The number of nitrogens with two attached hydrogens (primary N) is 1. The smallest absolute Gasteiger partial charge is 0.342 e. The van der Waals surface area contributed by atoms with Crippen molar-refractivity contribution in [1.82, 2.24) is 8.54 Å². The maximum atomic E-state index is 12.9. The highest BCUT2D eigenvalue weighted by atomic mass is 32.2. The Morgan fingerprint density at radius 1 is 1.09 bits per heavy atom. The van der Waals surface area contributed by atoms with Crippen LogP contribution in [0.15, 0.2) is 47.3 Å². The summed E-state index contributed by atoms with van der Waals surface area (Å²) in [5, 5.41) is 0. The van der Waals surface area contributed by atoms with Gasteiger partial charge in [-0.05, 0) is 35.9 Å². The molecule has 0 atom stereocenters. The molecule has 0 radical (unpaired) electrons. The Labute approximate surface area is 131 Å². The molecule has 0 saturated heterocycles. The molecule has 0 aliphatic heterocycles. The number of nitrogens with zero attached hydrogens (tertiary/aromatic N) is 2. The zero-order valence-electron chi connectivity index (χ0n) is 12.2. The number of benzene rings is 2. The van der Waals surface area contributed by atoms with Crippen LogP contribution in [-0.4, -0.2) is 17.0 Å². The van der Waals surface area contributed by atoms with E-state index in [1.165, 1.54) is 41.9 Å². The van der Waals surface area contributed by atoms with Crippen LogP contribution in [0.1, 0.15) is 5.56 Å². The van der Waals surface area contributed by atoms with Crippen LogP contribution in [-0.2, 0) is 22.8 Å².